The Labute approximate surface area is 88.8 Å². The second-order valence-electron chi connectivity index (χ2n) is 3.05. The summed E-state index contributed by atoms with van der Waals surface area (Å²) < 4.78 is 54.3. The van der Waals surface area contributed by atoms with Crippen molar-refractivity contribution < 1.29 is 27.1 Å². The predicted octanol–water partition coefficient (Wildman–Crippen LogP) is 2.56. The van der Waals surface area contributed by atoms with Crippen LogP contribution in [0.15, 0.2) is 18.2 Å². The number of carbonyl (C=O) groups is 1. The van der Waals surface area contributed by atoms with Crippen molar-refractivity contribution >= 4 is 5.97 Å². The van der Waals surface area contributed by atoms with E-state index < -0.39 is 29.9 Å². The first kappa shape index (κ1) is 12.5. The third-order valence-electron chi connectivity index (χ3n) is 1.94. The van der Waals surface area contributed by atoms with Crippen LogP contribution in [0.5, 0.6) is 0 Å². The third kappa shape index (κ3) is 2.95. The third-order valence-corrected chi connectivity index (χ3v) is 1.94. The molecule has 0 fully saturated rings. The zero-order valence-corrected chi connectivity index (χ0v) is 8.27. The van der Waals surface area contributed by atoms with Crippen molar-refractivity contribution in [1.82, 2.24) is 0 Å². The van der Waals surface area contributed by atoms with Gasteiger partial charge in [0.15, 0.2) is 0 Å². The number of rotatable bonds is 2. The van der Waals surface area contributed by atoms with Gasteiger partial charge in [0.05, 0.1) is 19.1 Å². The van der Waals surface area contributed by atoms with Gasteiger partial charge < -0.3 is 4.74 Å². The highest BCUT2D eigenvalue weighted by Crippen LogP contribution is 2.32. The molecule has 0 saturated heterocycles. The number of hydrogen-bond donors (Lipinski definition) is 0. The number of esters is 1. The lowest BCUT2D eigenvalue weighted by Gasteiger charge is -2.11. The van der Waals surface area contributed by atoms with Crippen LogP contribution in [0.4, 0.5) is 17.6 Å². The van der Waals surface area contributed by atoms with E-state index in [-0.39, 0.29) is 5.56 Å². The Balaban J connectivity index is 3.13. The van der Waals surface area contributed by atoms with Crippen molar-refractivity contribution in [3.05, 3.63) is 35.1 Å². The van der Waals surface area contributed by atoms with Gasteiger partial charge in [0, 0.05) is 0 Å². The summed E-state index contributed by atoms with van der Waals surface area (Å²) in [6, 6.07) is 2.15. The Hall–Kier alpha value is -1.59. The number of alkyl halides is 3. The molecule has 0 atom stereocenters. The van der Waals surface area contributed by atoms with Gasteiger partial charge in [0.1, 0.15) is 5.82 Å². The van der Waals surface area contributed by atoms with Crippen LogP contribution in [-0.4, -0.2) is 13.1 Å². The topological polar surface area (TPSA) is 26.3 Å². The molecule has 0 amide bonds. The minimum absolute atomic E-state index is 0.305. The summed E-state index contributed by atoms with van der Waals surface area (Å²) >= 11 is 0. The highest BCUT2D eigenvalue weighted by Gasteiger charge is 2.34. The molecule has 6 heteroatoms. The maximum atomic E-state index is 12.7. The molecule has 2 nitrogen and oxygen atoms in total. The summed E-state index contributed by atoms with van der Waals surface area (Å²) in [6.07, 6.45) is -5.23. The number of ether oxygens (including phenoxy) is 1. The van der Waals surface area contributed by atoms with Crippen LogP contribution in [0.25, 0.3) is 0 Å². The highest BCUT2D eigenvalue weighted by molar-refractivity contribution is 5.73. The number of benzene rings is 1. The number of methoxy groups -OCH3 is 1. The van der Waals surface area contributed by atoms with Crippen molar-refractivity contribution in [2.75, 3.05) is 7.11 Å². The maximum Gasteiger partial charge on any atom is 0.416 e. The molecule has 0 heterocycles. The lowest BCUT2D eigenvalue weighted by atomic mass is 10.0. The van der Waals surface area contributed by atoms with Gasteiger partial charge in [0.25, 0.3) is 0 Å². The highest BCUT2D eigenvalue weighted by atomic mass is 19.4. The summed E-state index contributed by atoms with van der Waals surface area (Å²) in [7, 11) is 1.07. The lowest BCUT2D eigenvalue weighted by Crippen LogP contribution is -2.13. The van der Waals surface area contributed by atoms with Gasteiger partial charge >= 0.3 is 12.1 Å². The molecule has 0 aliphatic carbocycles. The van der Waals surface area contributed by atoms with Gasteiger partial charge in [-0.15, -0.1) is 0 Å². The molecule has 0 spiro atoms. The minimum Gasteiger partial charge on any atom is -0.469 e. The Morgan fingerprint density at radius 2 is 2.00 bits per heavy atom. The Morgan fingerprint density at radius 1 is 1.38 bits per heavy atom. The maximum absolute atomic E-state index is 12.7. The molecule has 0 N–H and O–H groups in total. The summed E-state index contributed by atoms with van der Waals surface area (Å²) in [5, 5.41) is 0. The number of hydrogen-bond acceptors (Lipinski definition) is 2. The molecule has 0 aliphatic rings. The van der Waals surface area contributed by atoms with Gasteiger partial charge in [-0.2, -0.15) is 13.2 Å². The average Bonchev–Trinajstić information content (AvgIpc) is 2.19. The Morgan fingerprint density at radius 3 is 2.50 bits per heavy atom. The normalized spacial score (nSPS) is 11.3. The van der Waals surface area contributed by atoms with Crippen molar-refractivity contribution in [2.45, 2.75) is 12.6 Å². The van der Waals surface area contributed by atoms with Crippen molar-refractivity contribution in [1.29, 1.82) is 0 Å². The fraction of sp³-hybridized carbons (Fsp3) is 0.300. The first-order valence-corrected chi connectivity index (χ1v) is 4.27. The van der Waals surface area contributed by atoms with E-state index in [0.717, 1.165) is 19.2 Å². The Kier molecular flexibility index (Phi) is 3.51. The lowest BCUT2D eigenvalue weighted by molar-refractivity contribution is -0.141. The molecule has 0 aromatic heterocycles. The van der Waals surface area contributed by atoms with E-state index >= 15 is 0 Å². The molecule has 0 aliphatic heterocycles. The first-order valence-electron chi connectivity index (χ1n) is 4.27. The van der Waals surface area contributed by atoms with Gasteiger partial charge in [-0.25, -0.2) is 4.39 Å². The van der Waals surface area contributed by atoms with E-state index in [9.17, 15) is 22.4 Å². The molecule has 0 saturated carbocycles. The zero-order valence-electron chi connectivity index (χ0n) is 8.27. The van der Waals surface area contributed by atoms with Crippen molar-refractivity contribution in [3.63, 3.8) is 0 Å². The fourth-order valence-corrected chi connectivity index (χ4v) is 1.19. The number of carbonyl (C=O) groups excluding carboxylic acids is 1. The molecule has 0 unspecified atom stereocenters. The molecule has 0 bridgehead atoms. The summed E-state index contributed by atoms with van der Waals surface area (Å²) in [5.74, 6) is -1.81. The quantitative estimate of drug-likeness (QED) is 0.582. The molecule has 88 valence electrons. The standard InChI is InChI=1S/C10H8F4O2/c1-16-9(15)4-6-2-3-7(11)5-8(6)10(12,13)14/h2-3,5H,4H2,1H3. The summed E-state index contributed by atoms with van der Waals surface area (Å²) in [5.41, 5.74) is -1.46. The van der Waals surface area contributed by atoms with Crippen molar-refractivity contribution in [2.24, 2.45) is 0 Å². The van der Waals surface area contributed by atoms with Crippen LogP contribution in [0.2, 0.25) is 0 Å². The van der Waals surface area contributed by atoms with E-state index in [1.165, 1.54) is 0 Å². The van der Waals surface area contributed by atoms with E-state index in [1.54, 1.807) is 0 Å². The molecule has 1 aromatic carbocycles. The van der Waals surface area contributed by atoms with Crippen molar-refractivity contribution in [3.8, 4) is 0 Å². The van der Waals surface area contributed by atoms with E-state index in [0.29, 0.717) is 6.07 Å². The van der Waals surface area contributed by atoms with Crippen LogP contribution < -0.4 is 0 Å². The van der Waals surface area contributed by atoms with Crippen LogP contribution in [0, 0.1) is 5.82 Å². The van der Waals surface area contributed by atoms with Gasteiger partial charge in [-0.1, -0.05) is 6.07 Å². The zero-order chi connectivity index (χ0) is 12.3. The van der Waals surface area contributed by atoms with Crippen LogP contribution >= 0.6 is 0 Å². The van der Waals surface area contributed by atoms with E-state index in [1.807, 2.05) is 0 Å². The summed E-state index contributed by atoms with van der Waals surface area (Å²) in [4.78, 5) is 10.9. The second kappa shape index (κ2) is 4.51. The molecule has 1 rings (SSSR count). The van der Waals surface area contributed by atoms with Gasteiger partial charge in [-0.05, 0) is 17.7 Å². The van der Waals surface area contributed by atoms with Gasteiger partial charge in [0.2, 0.25) is 0 Å². The minimum atomic E-state index is -4.69. The summed E-state index contributed by atoms with van der Waals surface area (Å²) in [6.45, 7) is 0. The SMILES string of the molecule is COC(=O)Cc1ccc(F)cc1C(F)(F)F. The molecule has 1 aromatic rings. The largest absolute Gasteiger partial charge is 0.469 e. The van der Waals surface area contributed by atoms with Crippen LogP contribution in [0.3, 0.4) is 0 Å². The Bertz CT molecular complexity index is 398. The average molecular weight is 236 g/mol. The van der Waals surface area contributed by atoms with Gasteiger partial charge in [-0.3, -0.25) is 4.79 Å². The van der Waals surface area contributed by atoms with E-state index in [4.69, 9.17) is 0 Å². The molecule has 16 heavy (non-hydrogen) atoms. The second-order valence-corrected chi connectivity index (χ2v) is 3.05. The number of halogens is 4. The predicted molar refractivity (Wildman–Crippen MR) is 47.1 cm³/mol. The molecule has 0 radical (unpaired) electrons. The molecular weight excluding hydrogens is 228 g/mol. The first-order chi connectivity index (χ1) is 7.34. The van der Waals surface area contributed by atoms with Crippen LogP contribution in [0.1, 0.15) is 11.1 Å². The monoisotopic (exact) mass is 236 g/mol. The fourth-order valence-electron chi connectivity index (χ4n) is 1.19. The van der Waals surface area contributed by atoms with E-state index in [2.05, 4.69) is 4.74 Å². The van der Waals surface area contributed by atoms with Crippen LogP contribution in [-0.2, 0) is 22.1 Å². The molecular formula is C10H8F4O2. The smallest absolute Gasteiger partial charge is 0.416 e.